The molecule has 0 radical (unpaired) electrons. The second-order valence-electron chi connectivity index (χ2n) is 5.13. The van der Waals surface area contributed by atoms with Gasteiger partial charge in [0.15, 0.2) is 11.3 Å². The first-order chi connectivity index (χ1) is 11.3. The zero-order valence-corrected chi connectivity index (χ0v) is 13.3. The van der Waals surface area contributed by atoms with Crippen molar-refractivity contribution in [3.8, 4) is 0 Å². The van der Waals surface area contributed by atoms with E-state index in [4.69, 9.17) is 4.99 Å². The monoisotopic (exact) mass is 325 g/mol. The number of hydrazone groups is 1. The van der Waals surface area contributed by atoms with Gasteiger partial charge in [-0.3, -0.25) is 15.1 Å². The molecule has 23 heavy (non-hydrogen) atoms. The lowest BCUT2D eigenvalue weighted by Gasteiger charge is -2.33. The summed E-state index contributed by atoms with van der Waals surface area (Å²) in [6, 6.07) is 11.5. The van der Waals surface area contributed by atoms with Gasteiger partial charge in [-0.25, -0.2) is 5.01 Å². The lowest BCUT2D eigenvalue weighted by atomic mass is 10.1. The summed E-state index contributed by atoms with van der Waals surface area (Å²) < 4.78 is 0. The van der Waals surface area contributed by atoms with Gasteiger partial charge in [0.2, 0.25) is 0 Å². The maximum atomic E-state index is 12.7. The van der Waals surface area contributed by atoms with Gasteiger partial charge >= 0.3 is 0 Å². The molecular weight excluding hydrogens is 310 g/mol. The van der Waals surface area contributed by atoms with Gasteiger partial charge in [-0.15, -0.1) is 5.10 Å². The van der Waals surface area contributed by atoms with Gasteiger partial charge in [0, 0.05) is 11.4 Å². The first kappa shape index (κ1) is 14.1. The fourth-order valence-corrected chi connectivity index (χ4v) is 3.32. The molecule has 0 saturated carbocycles. The molecule has 0 saturated heterocycles. The predicted octanol–water partition coefficient (Wildman–Crippen LogP) is 0.911. The van der Waals surface area contributed by atoms with Crippen LogP contribution >= 0.6 is 11.8 Å². The molecule has 0 spiro atoms. The summed E-state index contributed by atoms with van der Waals surface area (Å²) in [6.07, 6.45) is 1.48. The number of thioether (sulfide) groups is 1. The fourth-order valence-electron chi connectivity index (χ4n) is 2.74. The predicted molar refractivity (Wildman–Crippen MR) is 89.7 cm³/mol. The summed E-state index contributed by atoms with van der Waals surface area (Å²) in [5.74, 6) is 0.693. The number of carbonyl (C=O) groups is 1. The maximum Gasteiger partial charge on any atom is 0.276 e. The molecule has 1 amide bonds. The smallest absolute Gasteiger partial charge is 0.276 e. The Labute approximate surface area is 137 Å². The Hall–Kier alpha value is -2.54. The summed E-state index contributed by atoms with van der Waals surface area (Å²) in [6.45, 7) is 2.02. The van der Waals surface area contributed by atoms with Crippen LogP contribution in [-0.4, -0.2) is 26.8 Å². The largest absolute Gasteiger partial charge is 0.362 e. The molecule has 3 heterocycles. The number of aromatic nitrogens is 1. The van der Waals surface area contributed by atoms with Crippen molar-refractivity contribution in [1.82, 2.24) is 15.3 Å². The van der Waals surface area contributed by atoms with Crippen molar-refractivity contribution in [2.24, 2.45) is 10.1 Å². The minimum absolute atomic E-state index is 0.144. The zero-order valence-electron chi connectivity index (χ0n) is 12.5. The SMILES string of the molecule is CCSC1=NN2C(=c3ccccc3=N[C@@H]2c2ccc[nH]2)C(=O)N1. The van der Waals surface area contributed by atoms with Crippen LogP contribution in [0.15, 0.2) is 52.7 Å². The van der Waals surface area contributed by atoms with Crippen LogP contribution in [0.5, 0.6) is 0 Å². The van der Waals surface area contributed by atoms with E-state index in [9.17, 15) is 4.79 Å². The molecule has 0 bridgehead atoms. The van der Waals surface area contributed by atoms with Crippen LogP contribution < -0.4 is 15.9 Å². The fraction of sp³-hybridized carbons (Fsp3) is 0.188. The van der Waals surface area contributed by atoms with E-state index < -0.39 is 0 Å². The normalized spacial score (nSPS) is 19.4. The van der Waals surface area contributed by atoms with Gasteiger partial charge in [-0.2, -0.15) is 0 Å². The Balaban J connectivity index is 1.96. The summed E-state index contributed by atoms with van der Waals surface area (Å²) in [4.78, 5) is 20.6. The highest BCUT2D eigenvalue weighted by molar-refractivity contribution is 8.13. The lowest BCUT2D eigenvalue weighted by molar-refractivity contribution is -0.116. The number of hydrogen-bond acceptors (Lipinski definition) is 5. The van der Waals surface area contributed by atoms with E-state index in [0.29, 0.717) is 10.9 Å². The Kier molecular flexibility index (Phi) is 3.42. The van der Waals surface area contributed by atoms with E-state index in [1.54, 1.807) is 5.01 Å². The number of aromatic amines is 1. The van der Waals surface area contributed by atoms with Crippen LogP contribution in [0.1, 0.15) is 18.8 Å². The third-order valence-electron chi connectivity index (χ3n) is 3.70. The van der Waals surface area contributed by atoms with Crippen LogP contribution in [0.25, 0.3) is 5.70 Å². The number of hydrogen-bond donors (Lipinski definition) is 2. The van der Waals surface area contributed by atoms with Gasteiger partial charge < -0.3 is 4.98 Å². The molecule has 2 aliphatic rings. The molecule has 6 nitrogen and oxygen atoms in total. The van der Waals surface area contributed by atoms with Gasteiger partial charge in [0.25, 0.3) is 5.91 Å². The summed E-state index contributed by atoms with van der Waals surface area (Å²) >= 11 is 1.50. The van der Waals surface area contributed by atoms with E-state index >= 15 is 0 Å². The van der Waals surface area contributed by atoms with Crippen molar-refractivity contribution in [2.75, 3.05) is 5.75 Å². The Morgan fingerprint density at radius 3 is 2.91 bits per heavy atom. The molecule has 2 N–H and O–H groups in total. The molecular formula is C16H15N5OS. The Morgan fingerprint density at radius 2 is 2.13 bits per heavy atom. The Bertz CT molecular complexity index is 903. The van der Waals surface area contributed by atoms with Crippen molar-refractivity contribution in [1.29, 1.82) is 0 Å². The highest BCUT2D eigenvalue weighted by Gasteiger charge is 2.34. The molecule has 0 fully saturated rings. The van der Waals surface area contributed by atoms with Crippen molar-refractivity contribution in [3.05, 3.63) is 58.9 Å². The average Bonchev–Trinajstić information content (AvgIpc) is 3.08. The number of amidine groups is 1. The number of amides is 1. The van der Waals surface area contributed by atoms with E-state index in [1.165, 1.54) is 11.8 Å². The van der Waals surface area contributed by atoms with Crippen molar-refractivity contribution in [2.45, 2.75) is 13.1 Å². The number of H-pyrrole nitrogens is 1. The number of rotatable bonds is 2. The van der Waals surface area contributed by atoms with Crippen molar-refractivity contribution in [3.63, 3.8) is 0 Å². The third kappa shape index (κ3) is 2.33. The molecule has 1 atom stereocenters. The average molecular weight is 325 g/mol. The van der Waals surface area contributed by atoms with Crippen LogP contribution in [0, 0.1) is 0 Å². The molecule has 0 aliphatic carbocycles. The van der Waals surface area contributed by atoms with Crippen LogP contribution in [0.4, 0.5) is 0 Å². The van der Waals surface area contributed by atoms with E-state index in [2.05, 4.69) is 15.4 Å². The first-order valence-electron chi connectivity index (χ1n) is 7.40. The third-order valence-corrected chi connectivity index (χ3v) is 4.44. The molecule has 2 aliphatic heterocycles. The molecule has 116 valence electrons. The van der Waals surface area contributed by atoms with Gasteiger partial charge in [0.05, 0.1) is 11.1 Å². The maximum absolute atomic E-state index is 12.7. The number of benzene rings is 1. The van der Waals surface area contributed by atoms with Crippen molar-refractivity contribution < 1.29 is 4.79 Å². The van der Waals surface area contributed by atoms with Gasteiger partial charge in [0.1, 0.15) is 5.70 Å². The van der Waals surface area contributed by atoms with Gasteiger partial charge in [-0.1, -0.05) is 36.9 Å². The second kappa shape index (κ2) is 5.58. The number of nitrogens with zero attached hydrogens (tertiary/aromatic N) is 3. The number of fused-ring (bicyclic) bond motifs is 2. The van der Waals surface area contributed by atoms with E-state index in [1.807, 2.05) is 49.5 Å². The highest BCUT2D eigenvalue weighted by atomic mass is 32.2. The number of carbonyl (C=O) groups excluding carboxylic acids is 1. The molecule has 1 aromatic carbocycles. The minimum atomic E-state index is -0.367. The minimum Gasteiger partial charge on any atom is -0.362 e. The summed E-state index contributed by atoms with van der Waals surface area (Å²) in [5.41, 5.74) is 1.44. The summed E-state index contributed by atoms with van der Waals surface area (Å²) in [7, 11) is 0. The molecule has 4 rings (SSSR count). The molecule has 0 unspecified atom stereocenters. The molecule has 7 heteroatoms. The summed E-state index contributed by atoms with van der Waals surface area (Å²) in [5, 5.41) is 11.4. The van der Waals surface area contributed by atoms with Crippen molar-refractivity contribution >= 4 is 28.5 Å². The van der Waals surface area contributed by atoms with E-state index in [-0.39, 0.29) is 12.1 Å². The van der Waals surface area contributed by atoms with E-state index in [0.717, 1.165) is 22.0 Å². The zero-order chi connectivity index (χ0) is 15.8. The second-order valence-corrected chi connectivity index (χ2v) is 6.38. The quantitative estimate of drug-likeness (QED) is 0.862. The molecule has 2 aromatic rings. The van der Waals surface area contributed by atoms with Crippen LogP contribution in [0.2, 0.25) is 0 Å². The van der Waals surface area contributed by atoms with Crippen LogP contribution in [-0.2, 0) is 4.79 Å². The lowest BCUT2D eigenvalue weighted by Crippen LogP contribution is -2.50. The Morgan fingerprint density at radius 1 is 1.26 bits per heavy atom. The van der Waals surface area contributed by atoms with Gasteiger partial charge in [-0.05, 0) is 24.0 Å². The topological polar surface area (TPSA) is 72.8 Å². The number of nitrogens with one attached hydrogen (secondary N) is 2. The standard InChI is InChI=1S/C16H15N5OS/c1-2-23-16-19-15(22)13-10-6-3-4-7-11(10)18-14(21(13)20-16)12-8-5-9-17-12/h3-9,14,17H,2H2,1H3,(H,19,20,22)/t14-/m0/s1. The first-order valence-corrected chi connectivity index (χ1v) is 8.39. The highest BCUT2D eigenvalue weighted by Crippen LogP contribution is 2.29. The number of para-hydroxylation sites is 1. The van der Waals surface area contributed by atoms with Crippen LogP contribution in [0.3, 0.4) is 0 Å². The molecule has 1 aromatic heterocycles.